The van der Waals surface area contributed by atoms with Gasteiger partial charge >= 0.3 is 0 Å². The molecule has 0 unspecified atom stereocenters. The normalized spacial score (nSPS) is 19.9. The van der Waals surface area contributed by atoms with E-state index in [2.05, 4.69) is 46.3 Å². The van der Waals surface area contributed by atoms with Crippen LogP contribution in [0.5, 0.6) is 0 Å². The van der Waals surface area contributed by atoms with Gasteiger partial charge in [-0.2, -0.15) is 0 Å². The predicted molar refractivity (Wildman–Crippen MR) is 75.0 cm³/mol. The Balaban J connectivity index is 1.57. The van der Waals surface area contributed by atoms with Crippen molar-refractivity contribution in [3.05, 3.63) is 48.0 Å². The fourth-order valence-electron chi connectivity index (χ4n) is 2.93. The second-order valence-corrected chi connectivity index (χ2v) is 5.34. The minimum Gasteiger partial charge on any atom is -0.319 e. The van der Waals surface area contributed by atoms with Crippen molar-refractivity contribution >= 4 is 0 Å². The number of aromatic nitrogens is 3. The largest absolute Gasteiger partial charge is 0.319 e. The third kappa shape index (κ3) is 2.84. The lowest BCUT2D eigenvalue weighted by molar-refractivity contribution is 0.318. The number of nitrogens with zero attached hydrogens (tertiary/aromatic N) is 4. The van der Waals surface area contributed by atoms with Crippen LogP contribution < -0.4 is 0 Å². The summed E-state index contributed by atoms with van der Waals surface area (Å²) in [4.78, 5) is 2.54. The fourth-order valence-corrected chi connectivity index (χ4v) is 2.93. The highest BCUT2D eigenvalue weighted by atomic mass is 15.2. The summed E-state index contributed by atoms with van der Waals surface area (Å²) in [7, 11) is 0. The lowest BCUT2D eigenvalue weighted by atomic mass is 9.94. The Labute approximate surface area is 114 Å². The van der Waals surface area contributed by atoms with Gasteiger partial charge in [-0.15, -0.1) is 10.2 Å². The SMILES string of the molecule is Cc1ccccc1[C@H]1CCN(CCn2cnnc2)C1. The Hall–Kier alpha value is -1.68. The van der Waals surface area contributed by atoms with E-state index in [4.69, 9.17) is 0 Å². The van der Waals surface area contributed by atoms with Gasteiger partial charge in [0.1, 0.15) is 12.7 Å². The van der Waals surface area contributed by atoms with Gasteiger partial charge in [0.25, 0.3) is 0 Å². The van der Waals surface area contributed by atoms with Crippen molar-refractivity contribution in [3.63, 3.8) is 0 Å². The van der Waals surface area contributed by atoms with Crippen LogP contribution in [0.25, 0.3) is 0 Å². The molecule has 1 aromatic carbocycles. The van der Waals surface area contributed by atoms with Gasteiger partial charge in [0.05, 0.1) is 0 Å². The lowest BCUT2D eigenvalue weighted by Gasteiger charge is -2.17. The monoisotopic (exact) mass is 256 g/mol. The van der Waals surface area contributed by atoms with Crippen molar-refractivity contribution < 1.29 is 0 Å². The molecule has 2 aromatic rings. The first-order chi connectivity index (χ1) is 9.33. The molecule has 1 fully saturated rings. The van der Waals surface area contributed by atoms with Crippen molar-refractivity contribution in [2.45, 2.75) is 25.8 Å². The number of aryl methyl sites for hydroxylation is 1. The molecule has 4 nitrogen and oxygen atoms in total. The number of hydrogen-bond donors (Lipinski definition) is 0. The topological polar surface area (TPSA) is 34.0 Å². The molecule has 0 N–H and O–H groups in total. The van der Waals surface area contributed by atoms with Gasteiger partial charge in [-0.05, 0) is 36.9 Å². The standard InChI is InChI=1S/C15H20N4/c1-13-4-2-3-5-15(13)14-6-7-18(10-14)8-9-19-11-16-17-12-19/h2-5,11-12,14H,6-10H2,1H3/t14-/m0/s1. The molecule has 1 atom stereocenters. The summed E-state index contributed by atoms with van der Waals surface area (Å²) < 4.78 is 2.04. The van der Waals surface area contributed by atoms with Gasteiger partial charge in [0.15, 0.2) is 0 Å². The Morgan fingerprint density at radius 2 is 1.95 bits per heavy atom. The molecule has 0 amide bonds. The molecule has 19 heavy (non-hydrogen) atoms. The summed E-state index contributed by atoms with van der Waals surface area (Å²) in [5.74, 6) is 0.696. The fraction of sp³-hybridized carbons (Fsp3) is 0.467. The quantitative estimate of drug-likeness (QED) is 0.840. The van der Waals surface area contributed by atoms with Crippen LogP contribution in [0.4, 0.5) is 0 Å². The molecule has 3 rings (SSSR count). The number of benzene rings is 1. The Morgan fingerprint density at radius 3 is 2.74 bits per heavy atom. The van der Waals surface area contributed by atoms with E-state index in [0.717, 1.165) is 13.1 Å². The summed E-state index contributed by atoms with van der Waals surface area (Å²) in [5, 5.41) is 7.67. The van der Waals surface area contributed by atoms with Crippen LogP contribution in [0, 0.1) is 6.92 Å². The second kappa shape index (κ2) is 5.53. The van der Waals surface area contributed by atoms with Crippen molar-refractivity contribution in [2.24, 2.45) is 0 Å². The first kappa shape index (κ1) is 12.4. The summed E-state index contributed by atoms with van der Waals surface area (Å²) in [6, 6.07) is 8.78. The Bertz CT molecular complexity index is 521. The highest BCUT2D eigenvalue weighted by Gasteiger charge is 2.24. The summed E-state index contributed by atoms with van der Waals surface area (Å²) >= 11 is 0. The minimum absolute atomic E-state index is 0.696. The van der Waals surface area contributed by atoms with Crippen molar-refractivity contribution in [1.82, 2.24) is 19.7 Å². The van der Waals surface area contributed by atoms with Crippen LogP contribution in [0.15, 0.2) is 36.9 Å². The number of rotatable bonds is 4. The highest BCUT2D eigenvalue weighted by Crippen LogP contribution is 2.28. The molecular weight excluding hydrogens is 236 g/mol. The zero-order valence-electron chi connectivity index (χ0n) is 11.4. The maximum atomic E-state index is 3.84. The van der Waals surface area contributed by atoms with E-state index < -0.39 is 0 Å². The highest BCUT2D eigenvalue weighted by molar-refractivity contribution is 5.30. The van der Waals surface area contributed by atoms with E-state index in [9.17, 15) is 0 Å². The van der Waals surface area contributed by atoms with Crippen LogP contribution in [0.3, 0.4) is 0 Å². The van der Waals surface area contributed by atoms with Gasteiger partial charge < -0.3 is 9.47 Å². The summed E-state index contributed by atoms with van der Waals surface area (Å²) in [5.41, 5.74) is 2.95. The number of likely N-dealkylation sites (tertiary alicyclic amines) is 1. The maximum Gasteiger partial charge on any atom is 0.119 e. The molecule has 2 heterocycles. The molecule has 0 radical (unpaired) electrons. The average Bonchev–Trinajstić information content (AvgIpc) is 3.08. The molecule has 0 spiro atoms. The zero-order valence-corrected chi connectivity index (χ0v) is 11.4. The molecule has 0 aliphatic carbocycles. The van der Waals surface area contributed by atoms with E-state index in [0.29, 0.717) is 5.92 Å². The summed E-state index contributed by atoms with van der Waals surface area (Å²) in [6.07, 6.45) is 4.84. The van der Waals surface area contributed by atoms with E-state index in [1.807, 2.05) is 4.57 Å². The van der Waals surface area contributed by atoms with Gasteiger partial charge in [0, 0.05) is 19.6 Å². The molecule has 100 valence electrons. The van der Waals surface area contributed by atoms with Gasteiger partial charge in [-0.25, -0.2) is 0 Å². The van der Waals surface area contributed by atoms with Crippen molar-refractivity contribution in [1.29, 1.82) is 0 Å². The molecule has 1 aliphatic rings. The third-order valence-electron chi connectivity index (χ3n) is 4.04. The van der Waals surface area contributed by atoms with Crippen molar-refractivity contribution in [3.8, 4) is 0 Å². The second-order valence-electron chi connectivity index (χ2n) is 5.34. The summed E-state index contributed by atoms with van der Waals surface area (Å²) in [6.45, 7) is 6.65. The number of hydrogen-bond acceptors (Lipinski definition) is 3. The van der Waals surface area contributed by atoms with E-state index in [1.165, 1.54) is 30.6 Å². The average molecular weight is 256 g/mol. The van der Waals surface area contributed by atoms with Gasteiger partial charge in [0.2, 0.25) is 0 Å². The first-order valence-electron chi connectivity index (χ1n) is 6.93. The molecule has 0 bridgehead atoms. The van der Waals surface area contributed by atoms with E-state index in [-0.39, 0.29) is 0 Å². The molecule has 4 heteroatoms. The zero-order chi connectivity index (χ0) is 13.1. The first-order valence-corrected chi connectivity index (χ1v) is 6.93. The van der Waals surface area contributed by atoms with E-state index >= 15 is 0 Å². The smallest absolute Gasteiger partial charge is 0.119 e. The van der Waals surface area contributed by atoms with Crippen LogP contribution in [0.1, 0.15) is 23.5 Å². The van der Waals surface area contributed by atoms with Gasteiger partial charge in [-0.1, -0.05) is 24.3 Å². The van der Waals surface area contributed by atoms with Crippen LogP contribution in [-0.4, -0.2) is 39.3 Å². The molecule has 1 aromatic heterocycles. The maximum absolute atomic E-state index is 3.84. The van der Waals surface area contributed by atoms with Crippen molar-refractivity contribution in [2.75, 3.05) is 19.6 Å². The third-order valence-corrected chi connectivity index (χ3v) is 4.04. The Morgan fingerprint density at radius 1 is 1.16 bits per heavy atom. The lowest BCUT2D eigenvalue weighted by Crippen LogP contribution is -2.24. The predicted octanol–water partition coefficient (Wildman–Crippen LogP) is 2.08. The molecule has 1 saturated heterocycles. The van der Waals surface area contributed by atoms with Crippen LogP contribution in [0.2, 0.25) is 0 Å². The molecule has 0 saturated carbocycles. The van der Waals surface area contributed by atoms with Gasteiger partial charge in [-0.3, -0.25) is 0 Å². The molecule has 1 aliphatic heterocycles. The van der Waals surface area contributed by atoms with Crippen LogP contribution in [-0.2, 0) is 6.54 Å². The molecular formula is C15H20N4. The minimum atomic E-state index is 0.696. The van der Waals surface area contributed by atoms with E-state index in [1.54, 1.807) is 12.7 Å². The Kier molecular flexibility index (Phi) is 3.60. The van der Waals surface area contributed by atoms with Crippen LogP contribution >= 0.6 is 0 Å².